The van der Waals surface area contributed by atoms with Crippen LogP contribution in [0.5, 0.6) is 5.88 Å². The molecule has 10 heteroatoms. The van der Waals surface area contributed by atoms with E-state index >= 15 is 0 Å². The van der Waals surface area contributed by atoms with E-state index in [2.05, 4.69) is 10.1 Å². The van der Waals surface area contributed by atoms with Crippen LogP contribution in [0.25, 0.3) is 0 Å². The maximum Gasteiger partial charge on any atom is 0.287 e. The second kappa shape index (κ2) is 7.60. The molecule has 1 amide bonds. The number of nitro groups is 1. The van der Waals surface area contributed by atoms with Gasteiger partial charge in [0.15, 0.2) is 0 Å². The summed E-state index contributed by atoms with van der Waals surface area (Å²) in [6.07, 6.45) is 3.67. The highest BCUT2D eigenvalue weighted by Crippen LogP contribution is 2.24. The zero-order valence-electron chi connectivity index (χ0n) is 15.6. The fourth-order valence-corrected chi connectivity index (χ4v) is 2.98. The molecule has 0 aliphatic carbocycles. The SMILES string of the molecule is Cc1cc([N+](=O)[O-])cnc1N(C)CCN(C)C(=O)c1cnn2c1OCCC2. The van der Waals surface area contributed by atoms with Gasteiger partial charge >= 0.3 is 0 Å². The van der Waals surface area contributed by atoms with E-state index < -0.39 is 4.92 Å². The minimum atomic E-state index is -0.467. The van der Waals surface area contributed by atoms with Crippen LogP contribution in [-0.4, -0.2) is 64.3 Å². The van der Waals surface area contributed by atoms with Crippen molar-refractivity contribution in [3.63, 3.8) is 0 Å². The van der Waals surface area contributed by atoms with E-state index in [9.17, 15) is 14.9 Å². The Labute approximate surface area is 156 Å². The number of rotatable bonds is 6. The van der Waals surface area contributed by atoms with Gasteiger partial charge in [0.05, 0.1) is 17.7 Å². The molecule has 0 fully saturated rings. The Kier molecular flexibility index (Phi) is 5.24. The highest BCUT2D eigenvalue weighted by atomic mass is 16.6. The van der Waals surface area contributed by atoms with Gasteiger partial charge in [0.25, 0.3) is 11.6 Å². The first-order chi connectivity index (χ1) is 12.9. The van der Waals surface area contributed by atoms with Crippen LogP contribution in [0, 0.1) is 17.0 Å². The number of aryl methyl sites for hydroxylation is 2. The van der Waals surface area contributed by atoms with Crippen molar-refractivity contribution in [3.8, 4) is 5.88 Å². The molecule has 1 aliphatic rings. The predicted molar refractivity (Wildman–Crippen MR) is 98.2 cm³/mol. The second-order valence-electron chi connectivity index (χ2n) is 6.53. The van der Waals surface area contributed by atoms with Crippen LogP contribution in [-0.2, 0) is 6.54 Å². The molecule has 0 saturated carbocycles. The molecule has 2 aromatic heterocycles. The number of hydrogen-bond donors (Lipinski definition) is 0. The Bertz CT molecular complexity index is 865. The summed E-state index contributed by atoms with van der Waals surface area (Å²) in [5.74, 6) is 1.02. The lowest BCUT2D eigenvalue weighted by atomic mass is 10.2. The van der Waals surface area contributed by atoms with E-state index in [0.717, 1.165) is 13.0 Å². The number of carbonyl (C=O) groups excluding carboxylic acids is 1. The molecular weight excluding hydrogens is 352 g/mol. The molecule has 1 aliphatic heterocycles. The zero-order valence-corrected chi connectivity index (χ0v) is 15.6. The van der Waals surface area contributed by atoms with Gasteiger partial charge in [0.1, 0.15) is 17.6 Å². The molecular formula is C17H22N6O4. The number of fused-ring (bicyclic) bond motifs is 1. The van der Waals surface area contributed by atoms with Crippen molar-refractivity contribution in [2.75, 3.05) is 38.7 Å². The Morgan fingerprint density at radius 2 is 2.15 bits per heavy atom. The van der Waals surface area contributed by atoms with Crippen molar-refractivity contribution >= 4 is 17.4 Å². The Morgan fingerprint density at radius 1 is 1.37 bits per heavy atom. The standard InChI is InChI=1S/C17H22N6O4/c1-12-9-13(23(25)26)10-18-15(12)20(2)6-7-21(3)16(24)14-11-19-22-5-4-8-27-17(14)22/h9-11H,4-8H2,1-3H3. The summed E-state index contributed by atoms with van der Waals surface area (Å²) in [5, 5.41) is 15.0. The van der Waals surface area contributed by atoms with Crippen molar-refractivity contribution in [2.45, 2.75) is 19.9 Å². The minimum absolute atomic E-state index is 0.0390. The van der Waals surface area contributed by atoms with Gasteiger partial charge in [-0.2, -0.15) is 5.10 Å². The molecule has 0 aromatic carbocycles. The van der Waals surface area contributed by atoms with Crippen molar-refractivity contribution < 1.29 is 14.5 Å². The first-order valence-electron chi connectivity index (χ1n) is 8.64. The number of ether oxygens (including phenoxy) is 1. The molecule has 0 atom stereocenters. The van der Waals surface area contributed by atoms with Gasteiger partial charge in [-0.15, -0.1) is 0 Å². The number of carbonyl (C=O) groups is 1. The average Bonchev–Trinajstić information content (AvgIpc) is 3.09. The van der Waals surface area contributed by atoms with E-state index in [1.807, 2.05) is 11.9 Å². The molecule has 3 rings (SSSR count). The molecule has 2 aromatic rings. The first kappa shape index (κ1) is 18.6. The van der Waals surface area contributed by atoms with Crippen LogP contribution < -0.4 is 9.64 Å². The number of aromatic nitrogens is 3. The molecule has 0 spiro atoms. The summed E-state index contributed by atoms with van der Waals surface area (Å²) in [4.78, 5) is 30.7. The normalized spacial score (nSPS) is 12.9. The lowest BCUT2D eigenvalue weighted by molar-refractivity contribution is -0.385. The van der Waals surface area contributed by atoms with Crippen LogP contribution in [0.2, 0.25) is 0 Å². The fraction of sp³-hybridized carbons (Fsp3) is 0.471. The number of amides is 1. The van der Waals surface area contributed by atoms with E-state index in [4.69, 9.17) is 4.74 Å². The Morgan fingerprint density at radius 3 is 2.85 bits per heavy atom. The monoisotopic (exact) mass is 374 g/mol. The quantitative estimate of drug-likeness (QED) is 0.557. The summed E-state index contributed by atoms with van der Waals surface area (Å²) >= 11 is 0. The largest absolute Gasteiger partial charge is 0.477 e. The van der Waals surface area contributed by atoms with Crippen LogP contribution in [0.1, 0.15) is 22.3 Å². The van der Waals surface area contributed by atoms with Crippen LogP contribution in [0.4, 0.5) is 11.5 Å². The molecule has 0 N–H and O–H groups in total. The number of pyridine rings is 1. The second-order valence-corrected chi connectivity index (χ2v) is 6.53. The van der Waals surface area contributed by atoms with Gasteiger partial charge in [-0.3, -0.25) is 14.9 Å². The average molecular weight is 374 g/mol. The highest BCUT2D eigenvalue weighted by molar-refractivity contribution is 5.96. The first-order valence-corrected chi connectivity index (χ1v) is 8.64. The van der Waals surface area contributed by atoms with E-state index in [1.54, 1.807) is 29.7 Å². The van der Waals surface area contributed by atoms with E-state index in [1.165, 1.54) is 12.3 Å². The van der Waals surface area contributed by atoms with Gasteiger partial charge in [0, 0.05) is 46.2 Å². The van der Waals surface area contributed by atoms with E-state index in [0.29, 0.717) is 42.5 Å². The highest BCUT2D eigenvalue weighted by Gasteiger charge is 2.24. The van der Waals surface area contributed by atoms with Gasteiger partial charge in [-0.05, 0) is 12.5 Å². The predicted octanol–water partition coefficient (Wildman–Crippen LogP) is 1.49. The topological polar surface area (TPSA) is 107 Å². The summed E-state index contributed by atoms with van der Waals surface area (Å²) in [7, 11) is 3.56. The molecule has 10 nitrogen and oxygen atoms in total. The van der Waals surface area contributed by atoms with Crippen molar-refractivity contribution in [1.82, 2.24) is 19.7 Å². The lowest BCUT2D eigenvalue weighted by Crippen LogP contribution is -2.35. The molecule has 0 radical (unpaired) electrons. The summed E-state index contributed by atoms with van der Waals surface area (Å²) in [6, 6.07) is 1.49. The maximum absolute atomic E-state index is 12.7. The van der Waals surface area contributed by atoms with Crippen molar-refractivity contribution in [2.24, 2.45) is 0 Å². The molecule has 0 saturated heterocycles. The lowest BCUT2D eigenvalue weighted by Gasteiger charge is -2.24. The smallest absolute Gasteiger partial charge is 0.287 e. The maximum atomic E-state index is 12.7. The van der Waals surface area contributed by atoms with Gasteiger partial charge < -0.3 is 14.5 Å². The number of hydrogen-bond acceptors (Lipinski definition) is 7. The van der Waals surface area contributed by atoms with E-state index in [-0.39, 0.29) is 11.6 Å². The third-order valence-corrected chi connectivity index (χ3v) is 4.50. The van der Waals surface area contributed by atoms with Crippen LogP contribution in [0.15, 0.2) is 18.5 Å². The number of nitrogens with zero attached hydrogens (tertiary/aromatic N) is 6. The van der Waals surface area contributed by atoms with Crippen molar-refractivity contribution in [1.29, 1.82) is 0 Å². The van der Waals surface area contributed by atoms with Crippen molar-refractivity contribution in [3.05, 3.63) is 39.7 Å². The van der Waals surface area contributed by atoms with Gasteiger partial charge in [-0.1, -0.05) is 0 Å². The Hall–Kier alpha value is -3.17. The molecule has 0 unspecified atom stereocenters. The van der Waals surface area contributed by atoms with Gasteiger partial charge in [-0.25, -0.2) is 9.67 Å². The number of likely N-dealkylation sites (N-methyl/N-ethyl adjacent to an activating group) is 2. The molecule has 27 heavy (non-hydrogen) atoms. The number of anilines is 1. The van der Waals surface area contributed by atoms with Crippen LogP contribution >= 0.6 is 0 Å². The van der Waals surface area contributed by atoms with Gasteiger partial charge in [0.2, 0.25) is 5.88 Å². The zero-order chi connectivity index (χ0) is 19.6. The molecule has 144 valence electrons. The summed E-state index contributed by atoms with van der Waals surface area (Å²) in [5.41, 5.74) is 1.13. The minimum Gasteiger partial charge on any atom is -0.477 e. The third kappa shape index (κ3) is 3.83. The summed E-state index contributed by atoms with van der Waals surface area (Å²) < 4.78 is 7.29. The fourth-order valence-electron chi connectivity index (χ4n) is 2.98. The third-order valence-electron chi connectivity index (χ3n) is 4.50. The summed E-state index contributed by atoms with van der Waals surface area (Å²) in [6.45, 7) is 4.09. The molecule has 3 heterocycles. The van der Waals surface area contributed by atoms with Crippen LogP contribution in [0.3, 0.4) is 0 Å². The Balaban J connectivity index is 1.63. The molecule has 0 bridgehead atoms.